The van der Waals surface area contributed by atoms with Gasteiger partial charge in [-0.05, 0) is 36.3 Å². The zero-order chi connectivity index (χ0) is 13.9. The minimum Gasteiger partial charge on any atom is -0.376 e. The number of anilines is 1. The molecule has 1 fully saturated rings. The Bertz CT molecular complexity index is 612. The van der Waals surface area contributed by atoms with Gasteiger partial charge in [0.05, 0.1) is 11.7 Å². The van der Waals surface area contributed by atoms with Gasteiger partial charge >= 0.3 is 0 Å². The second-order valence-corrected chi connectivity index (χ2v) is 6.53. The second kappa shape index (κ2) is 5.83. The van der Waals surface area contributed by atoms with E-state index in [2.05, 4.69) is 22.8 Å². The zero-order valence-electron chi connectivity index (χ0n) is 11.7. The fourth-order valence-corrected chi connectivity index (χ4v) is 3.91. The molecule has 2 aromatic heterocycles. The molecule has 1 unspecified atom stereocenters. The molecule has 1 N–H and O–H groups in total. The maximum Gasteiger partial charge on any atom is 0.250 e. The highest BCUT2D eigenvalue weighted by atomic mass is 32.1. The molecule has 3 rings (SSSR count). The van der Waals surface area contributed by atoms with Crippen molar-refractivity contribution in [2.45, 2.75) is 31.7 Å². The molecular formula is C16H20N2OS. The molecule has 1 aliphatic carbocycles. The van der Waals surface area contributed by atoms with Gasteiger partial charge in [-0.15, -0.1) is 11.3 Å². The fraction of sp³-hybridized carbons (Fsp3) is 0.438. The predicted molar refractivity (Wildman–Crippen MR) is 84.3 cm³/mol. The first-order valence-corrected chi connectivity index (χ1v) is 8.08. The Kier molecular flexibility index (Phi) is 3.92. The van der Waals surface area contributed by atoms with E-state index in [0.29, 0.717) is 12.0 Å². The van der Waals surface area contributed by atoms with Crippen LogP contribution in [0.15, 0.2) is 40.6 Å². The number of thiophene rings is 1. The van der Waals surface area contributed by atoms with Crippen LogP contribution in [0.25, 0.3) is 0 Å². The molecule has 1 atom stereocenters. The maximum atomic E-state index is 11.5. The lowest BCUT2D eigenvalue weighted by Gasteiger charge is -2.25. The molecule has 0 aliphatic heterocycles. The molecule has 106 valence electrons. The first kappa shape index (κ1) is 13.4. The molecule has 1 aliphatic rings. The molecular weight excluding hydrogens is 268 g/mol. The van der Waals surface area contributed by atoms with E-state index in [4.69, 9.17) is 0 Å². The van der Waals surface area contributed by atoms with E-state index in [1.807, 2.05) is 23.6 Å². The molecule has 0 aromatic carbocycles. The minimum atomic E-state index is 0.0316. The van der Waals surface area contributed by atoms with Gasteiger partial charge in [0, 0.05) is 24.2 Å². The number of aryl methyl sites for hydroxylation is 1. The van der Waals surface area contributed by atoms with E-state index in [1.165, 1.54) is 30.6 Å². The van der Waals surface area contributed by atoms with Crippen LogP contribution in [-0.2, 0) is 7.05 Å². The van der Waals surface area contributed by atoms with Crippen molar-refractivity contribution in [2.75, 3.05) is 5.32 Å². The number of hydrogen-bond acceptors (Lipinski definition) is 3. The lowest BCUT2D eigenvalue weighted by molar-refractivity contribution is 0.475. The van der Waals surface area contributed by atoms with E-state index in [0.717, 1.165) is 5.69 Å². The van der Waals surface area contributed by atoms with Crippen molar-refractivity contribution in [3.05, 3.63) is 51.1 Å². The van der Waals surface area contributed by atoms with Crippen molar-refractivity contribution in [1.82, 2.24) is 4.57 Å². The van der Waals surface area contributed by atoms with Gasteiger partial charge in [-0.3, -0.25) is 4.79 Å². The van der Waals surface area contributed by atoms with Crippen LogP contribution in [0.4, 0.5) is 5.69 Å². The molecule has 2 aromatic rings. The van der Waals surface area contributed by atoms with E-state index >= 15 is 0 Å². The number of nitrogens with zero attached hydrogens (tertiary/aromatic N) is 1. The molecule has 1 saturated carbocycles. The summed E-state index contributed by atoms with van der Waals surface area (Å²) in [6.07, 6.45) is 7.14. The van der Waals surface area contributed by atoms with Gasteiger partial charge in [0.2, 0.25) is 5.56 Å². The molecule has 0 radical (unpaired) electrons. The van der Waals surface area contributed by atoms with Crippen LogP contribution in [-0.4, -0.2) is 4.57 Å². The molecule has 4 heteroatoms. The Labute approximate surface area is 123 Å². The highest BCUT2D eigenvalue weighted by Crippen LogP contribution is 2.39. The standard InChI is InChI=1S/C16H20N2OS/c1-18-11-13(8-9-15(18)19)17-16(12-5-2-3-6-12)14-7-4-10-20-14/h4,7-12,16-17H,2-3,5-6H2,1H3. The van der Waals surface area contributed by atoms with Gasteiger partial charge < -0.3 is 9.88 Å². The number of hydrogen-bond donors (Lipinski definition) is 1. The third-order valence-electron chi connectivity index (χ3n) is 4.13. The molecule has 0 amide bonds. The van der Waals surface area contributed by atoms with E-state index in [-0.39, 0.29) is 5.56 Å². The molecule has 0 spiro atoms. The Hall–Kier alpha value is -1.55. The third kappa shape index (κ3) is 2.80. The van der Waals surface area contributed by atoms with Crippen LogP contribution in [0.1, 0.15) is 36.6 Å². The average Bonchev–Trinajstić information content (AvgIpc) is 3.12. The third-order valence-corrected chi connectivity index (χ3v) is 5.08. The summed E-state index contributed by atoms with van der Waals surface area (Å²) in [5.41, 5.74) is 1.06. The fourth-order valence-electron chi connectivity index (χ4n) is 3.04. The largest absolute Gasteiger partial charge is 0.376 e. The van der Waals surface area contributed by atoms with Gasteiger partial charge in [0.1, 0.15) is 0 Å². The summed E-state index contributed by atoms with van der Waals surface area (Å²) in [5, 5.41) is 5.78. The summed E-state index contributed by atoms with van der Waals surface area (Å²) < 4.78 is 1.63. The van der Waals surface area contributed by atoms with Gasteiger partial charge in [0.25, 0.3) is 0 Å². The SMILES string of the molecule is Cn1cc(NC(c2cccs2)C2CCCC2)ccc1=O. The average molecular weight is 288 g/mol. The van der Waals surface area contributed by atoms with Crippen molar-refractivity contribution in [3.8, 4) is 0 Å². The van der Waals surface area contributed by atoms with Crippen LogP contribution in [0.2, 0.25) is 0 Å². The highest BCUT2D eigenvalue weighted by Gasteiger charge is 2.27. The second-order valence-electron chi connectivity index (χ2n) is 5.55. The molecule has 2 heterocycles. The van der Waals surface area contributed by atoms with Crippen LogP contribution in [0, 0.1) is 5.92 Å². The van der Waals surface area contributed by atoms with Crippen LogP contribution in [0.5, 0.6) is 0 Å². The lowest BCUT2D eigenvalue weighted by atomic mass is 9.96. The summed E-state index contributed by atoms with van der Waals surface area (Å²) in [6.45, 7) is 0. The first-order valence-electron chi connectivity index (χ1n) is 7.20. The van der Waals surface area contributed by atoms with Crippen molar-refractivity contribution in [2.24, 2.45) is 13.0 Å². The van der Waals surface area contributed by atoms with Crippen molar-refractivity contribution < 1.29 is 0 Å². The van der Waals surface area contributed by atoms with Gasteiger partial charge in [-0.2, -0.15) is 0 Å². The van der Waals surface area contributed by atoms with Crippen LogP contribution < -0.4 is 10.9 Å². The van der Waals surface area contributed by atoms with E-state index in [1.54, 1.807) is 17.7 Å². The number of aromatic nitrogens is 1. The van der Waals surface area contributed by atoms with Crippen LogP contribution in [0.3, 0.4) is 0 Å². The molecule has 0 saturated heterocycles. The summed E-state index contributed by atoms with van der Waals surface area (Å²) in [7, 11) is 1.79. The Morgan fingerprint density at radius 2 is 2.10 bits per heavy atom. The minimum absolute atomic E-state index is 0.0316. The number of rotatable bonds is 4. The Morgan fingerprint density at radius 3 is 2.75 bits per heavy atom. The number of pyridine rings is 1. The summed E-state index contributed by atoms with van der Waals surface area (Å²) >= 11 is 1.81. The van der Waals surface area contributed by atoms with Crippen molar-refractivity contribution in [1.29, 1.82) is 0 Å². The van der Waals surface area contributed by atoms with Crippen LogP contribution >= 0.6 is 11.3 Å². The van der Waals surface area contributed by atoms with Gasteiger partial charge in [0.15, 0.2) is 0 Å². The summed E-state index contributed by atoms with van der Waals surface area (Å²) in [4.78, 5) is 12.9. The first-order chi connectivity index (χ1) is 9.74. The summed E-state index contributed by atoms with van der Waals surface area (Å²) in [6, 6.07) is 8.21. The van der Waals surface area contributed by atoms with Crippen molar-refractivity contribution >= 4 is 17.0 Å². The Balaban J connectivity index is 1.85. The normalized spacial score (nSPS) is 17.2. The topological polar surface area (TPSA) is 34.0 Å². The number of nitrogens with one attached hydrogen (secondary N) is 1. The van der Waals surface area contributed by atoms with Gasteiger partial charge in [-0.1, -0.05) is 18.9 Å². The predicted octanol–water partition coefficient (Wildman–Crippen LogP) is 3.79. The molecule has 20 heavy (non-hydrogen) atoms. The van der Waals surface area contributed by atoms with E-state index < -0.39 is 0 Å². The summed E-state index contributed by atoms with van der Waals surface area (Å²) in [5.74, 6) is 0.700. The molecule has 0 bridgehead atoms. The highest BCUT2D eigenvalue weighted by molar-refractivity contribution is 7.10. The lowest BCUT2D eigenvalue weighted by Crippen LogP contribution is -2.20. The maximum absolute atomic E-state index is 11.5. The van der Waals surface area contributed by atoms with Gasteiger partial charge in [-0.25, -0.2) is 0 Å². The Morgan fingerprint density at radius 1 is 1.30 bits per heavy atom. The quantitative estimate of drug-likeness (QED) is 0.928. The molecule has 3 nitrogen and oxygen atoms in total. The monoisotopic (exact) mass is 288 g/mol. The van der Waals surface area contributed by atoms with Crippen molar-refractivity contribution in [3.63, 3.8) is 0 Å². The van der Waals surface area contributed by atoms with E-state index in [9.17, 15) is 4.79 Å². The smallest absolute Gasteiger partial charge is 0.250 e. The zero-order valence-corrected chi connectivity index (χ0v) is 12.5.